The van der Waals surface area contributed by atoms with Crippen LogP contribution < -0.4 is 4.90 Å². The fourth-order valence-corrected chi connectivity index (χ4v) is 2.25. The van der Waals surface area contributed by atoms with Gasteiger partial charge in [-0.3, -0.25) is 0 Å². The van der Waals surface area contributed by atoms with Crippen LogP contribution in [-0.4, -0.2) is 24.2 Å². The largest absolute Gasteiger partial charge is 0.478 e. The van der Waals surface area contributed by atoms with Gasteiger partial charge in [-0.15, -0.1) is 0 Å². The third-order valence-corrected chi connectivity index (χ3v) is 3.23. The lowest BCUT2D eigenvalue weighted by molar-refractivity contribution is 0.0696. The molecule has 1 aromatic carbocycles. The number of carboxylic acid groups (broad SMARTS) is 1. The van der Waals surface area contributed by atoms with Crippen molar-refractivity contribution in [3.8, 4) is 0 Å². The van der Waals surface area contributed by atoms with Gasteiger partial charge >= 0.3 is 5.97 Å². The SMILES string of the molecule is Cc1cc(N2CCC(C)C2)ccc1C(=O)O. The highest BCUT2D eigenvalue weighted by atomic mass is 16.4. The molecule has 3 nitrogen and oxygen atoms in total. The van der Waals surface area contributed by atoms with Crippen LogP contribution >= 0.6 is 0 Å². The van der Waals surface area contributed by atoms with Gasteiger partial charge in [0, 0.05) is 18.8 Å². The van der Waals surface area contributed by atoms with Crippen molar-refractivity contribution in [1.29, 1.82) is 0 Å². The Balaban J connectivity index is 2.24. The maximum Gasteiger partial charge on any atom is 0.335 e. The number of anilines is 1. The second-order valence-corrected chi connectivity index (χ2v) is 4.64. The molecular weight excluding hydrogens is 202 g/mol. The van der Waals surface area contributed by atoms with Gasteiger partial charge in [-0.2, -0.15) is 0 Å². The van der Waals surface area contributed by atoms with E-state index in [4.69, 9.17) is 5.11 Å². The minimum absolute atomic E-state index is 0.399. The molecule has 0 saturated carbocycles. The van der Waals surface area contributed by atoms with Crippen LogP contribution in [-0.2, 0) is 0 Å². The molecule has 1 aromatic rings. The first-order chi connectivity index (χ1) is 7.58. The van der Waals surface area contributed by atoms with Gasteiger partial charge in [-0.1, -0.05) is 6.92 Å². The molecule has 1 aliphatic heterocycles. The summed E-state index contributed by atoms with van der Waals surface area (Å²) in [4.78, 5) is 13.2. The van der Waals surface area contributed by atoms with E-state index in [1.54, 1.807) is 6.07 Å². The summed E-state index contributed by atoms with van der Waals surface area (Å²) < 4.78 is 0. The third kappa shape index (κ3) is 2.03. The second-order valence-electron chi connectivity index (χ2n) is 4.64. The first-order valence-corrected chi connectivity index (χ1v) is 5.67. The number of hydrogen-bond acceptors (Lipinski definition) is 2. The van der Waals surface area contributed by atoms with E-state index in [0.29, 0.717) is 5.56 Å². The van der Waals surface area contributed by atoms with Crippen molar-refractivity contribution in [3.05, 3.63) is 29.3 Å². The predicted molar refractivity (Wildman–Crippen MR) is 64.1 cm³/mol. The van der Waals surface area contributed by atoms with Crippen molar-refractivity contribution in [3.63, 3.8) is 0 Å². The number of aryl methyl sites for hydroxylation is 1. The number of nitrogens with zero attached hydrogens (tertiary/aromatic N) is 1. The minimum Gasteiger partial charge on any atom is -0.478 e. The Bertz CT molecular complexity index is 414. The zero-order chi connectivity index (χ0) is 11.7. The summed E-state index contributed by atoms with van der Waals surface area (Å²) in [6.45, 7) is 6.25. The van der Waals surface area contributed by atoms with Crippen LogP contribution in [0.25, 0.3) is 0 Å². The van der Waals surface area contributed by atoms with Gasteiger partial charge in [0.2, 0.25) is 0 Å². The summed E-state index contributed by atoms with van der Waals surface area (Å²) in [5.74, 6) is -0.113. The van der Waals surface area contributed by atoms with E-state index in [2.05, 4.69) is 11.8 Å². The van der Waals surface area contributed by atoms with Gasteiger partial charge in [0.15, 0.2) is 0 Å². The summed E-state index contributed by atoms with van der Waals surface area (Å²) in [6, 6.07) is 5.59. The molecule has 0 radical (unpaired) electrons. The zero-order valence-electron chi connectivity index (χ0n) is 9.73. The first-order valence-electron chi connectivity index (χ1n) is 5.67. The number of hydrogen-bond donors (Lipinski definition) is 1. The molecule has 0 aliphatic carbocycles. The van der Waals surface area contributed by atoms with Gasteiger partial charge in [0.05, 0.1) is 5.56 Å². The van der Waals surface area contributed by atoms with Gasteiger partial charge in [0.1, 0.15) is 0 Å². The molecule has 3 heteroatoms. The maximum absolute atomic E-state index is 10.9. The van der Waals surface area contributed by atoms with Gasteiger partial charge in [-0.05, 0) is 43.0 Å². The molecule has 2 rings (SSSR count). The molecule has 1 atom stereocenters. The van der Waals surface area contributed by atoms with Gasteiger partial charge in [-0.25, -0.2) is 4.79 Å². The van der Waals surface area contributed by atoms with Gasteiger partial charge in [0.25, 0.3) is 0 Å². The predicted octanol–water partition coefficient (Wildman–Crippen LogP) is 2.54. The molecule has 1 aliphatic rings. The molecule has 16 heavy (non-hydrogen) atoms. The fourth-order valence-electron chi connectivity index (χ4n) is 2.25. The van der Waals surface area contributed by atoms with E-state index in [0.717, 1.165) is 30.3 Å². The molecule has 1 unspecified atom stereocenters. The third-order valence-electron chi connectivity index (χ3n) is 3.23. The summed E-state index contributed by atoms with van der Waals surface area (Å²) in [6.07, 6.45) is 1.22. The smallest absolute Gasteiger partial charge is 0.335 e. The van der Waals surface area contributed by atoms with E-state index in [-0.39, 0.29) is 0 Å². The van der Waals surface area contributed by atoms with Crippen LogP contribution in [0.3, 0.4) is 0 Å². The second kappa shape index (κ2) is 4.16. The maximum atomic E-state index is 10.9. The van der Waals surface area contributed by atoms with E-state index >= 15 is 0 Å². The van der Waals surface area contributed by atoms with Crippen molar-refractivity contribution < 1.29 is 9.90 Å². The van der Waals surface area contributed by atoms with E-state index < -0.39 is 5.97 Å². The van der Waals surface area contributed by atoms with Crippen LogP contribution in [0.15, 0.2) is 18.2 Å². The Morgan fingerprint density at radius 1 is 1.50 bits per heavy atom. The normalized spacial score (nSPS) is 20.1. The van der Waals surface area contributed by atoms with Crippen LogP contribution in [0.5, 0.6) is 0 Å². The summed E-state index contributed by atoms with van der Waals surface area (Å²) in [5.41, 5.74) is 2.38. The average Bonchev–Trinajstić information content (AvgIpc) is 2.64. The number of carbonyl (C=O) groups is 1. The Morgan fingerprint density at radius 2 is 2.25 bits per heavy atom. The van der Waals surface area contributed by atoms with Crippen molar-refractivity contribution in [2.45, 2.75) is 20.3 Å². The highest BCUT2D eigenvalue weighted by molar-refractivity contribution is 5.89. The van der Waals surface area contributed by atoms with Crippen molar-refractivity contribution in [2.75, 3.05) is 18.0 Å². The topological polar surface area (TPSA) is 40.5 Å². The summed E-state index contributed by atoms with van der Waals surface area (Å²) >= 11 is 0. The van der Waals surface area contributed by atoms with Crippen molar-refractivity contribution in [1.82, 2.24) is 0 Å². The highest BCUT2D eigenvalue weighted by Gasteiger charge is 2.19. The lowest BCUT2D eigenvalue weighted by atomic mass is 10.1. The van der Waals surface area contributed by atoms with E-state index in [9.17, 15) is 4.79 Å². The zero-order valence-corrected chi connectivity index (χ0v) is 9.73. The standard InChI is InChI=1S/C13H17NO2/c1-9-5-6-14(8-9)11-3-4-12(13(15)16)10(2)7-11/h3-4,7,9H,5-6,8H2,1-2H3,(H,15,16). The molecule has 1 saturated heterocycles. The van der Waals surface area contributed by atoms with Crippen molar-refractivity contribution >= 4 is 11.7 Å². The molecule has 86 valence electrons. The Labute approximate surface area is 95.7 Å². The summed E-state index contributed by atoms with van der Waals surface area (Å²) in [5, 5.41) is 8.95. The quantitative estimate of drug-likeness (QED) is 0.831. The monoisotopic (exact) mass is 219 g/mol. The molecule has 1 N–H and O–H groups in total. The van der Waals surface area contributed by atoms with Crippen molar-refractivity contribution in [2.24, 2.45) is 5.92 Å². The Hall–Kier alpha value is -1.51. The summed E-state index contributed by atoms with van der Waals surface area (Å²) in [7, 11) is 0. The molecule has 0 spiro atoms. The Morgan fingerprint density at radius 3 is 2.75 bits per heavy atom. The Kier molecular flexibility index (Phi) is 2.86. The van der Waals surface area contributed by atoms with Crippen LogP contribution in [0.1, 0.15) is 29.3 Å². The number of aromatic carboxylic acids is 1. The average molecular weight is 219 g/mol. The first kappa shape index (κ1) is 11.0. The number of carboxylic acids is 1. The van der Waals surface area contributed by atoms with Gasteiger partial charge < -0.3 is 10.0 Å². The van der Waals surface area contributed by atoms with Crippen LogP contribution in [0.2, 0.25) is 0 Å². The molecule has 1 heterocycles. The number of benzene rings is 1. The fraction of sp³-hybridized carbons (Fsp3) is 0.462. The van der Waals surface area contributed by atoms with Crippen LogP contribution in [0, 0.1) is 12.8 Å². The van der Waals surface area contributed by atoms with E-state index in [1.165, 1.54) is 6.42 Å². The minimum atomic E-state index is -0.848. The molecular formula is C13H17NO2. The molecule has 0 bridgehead atoms. The molecule has 0 aromatic heterocycles. The lowest BCUT2D eigenvalue weighted by Crippen LogP contribution is -2.19. The number of rotatable bonds is 2. The molecule has 1 fully saturated rings. The van der Waals surface area contributed by atoms with Crippen LogP contribution in [0.4, 0.5) is 5.69 Å². The highest BCUT2D eigenvalue weighted by Crippen LogP contribution is 2.25. The van der Waals surface area contributed by atoms with E-state index in [1.807, 2.05) is 19.1 Å². The molecule has 0 amide bonds. The lowest BCUT2D eigenvalue weighted by Gasteiger charge is -2.19.